The normalized spacial score (nSPS) is 16.8. The highest BCUT2D eigenvalue weighted by Crippen LogP contribution is 2.35. The third-order valence-corrected chi connectivity index (χ3v) is 7.01. The van der Waals surface area contributed by atoms with Crippen LogP contribution in [0.5, 0.6) is 0 Å². The molecule has 2 aromatic rings. The Bertz CT molecular complexity index is 1070. The van der Waals surface area contributed by atoms with Crippen molar-refractivity contribution in [3.05, 3.63) is 28.5 Å². The number of rotatable bonds is 7. The summed E-state index contributed by atoms with van der Waals surface area (Å²) in [6.45, 7) is 15.3. The molecule has 35 heavy (non-hydrogen) atoms. The van der Waals surface area contributed by atoms with Crippen molar-refractivity contribution < 1.29 is 14.7 Å². The summed E-state index contributed by atoms with van der Waals surface area (Å²) >= 11 is 1.19. The summed E-state index contributed by atoms with van der Waals surface area (Å²) in [5.41, 5.74) is 1.09. The van der Waals surface area contributed by atoms with Crippen LogP contribution in [0.3, 0.4) is 0 Å². The first-order valence-corrected chi connectivity index (χ1v) is 13.1. The van der Waals surface area contributed by atoms with Crippen LogP contribution in [-0.2, 0) is 0 Å². The number of aliphatic hydroxyl groups is 1. The van der Waals surface area contributed by atoms with Crippen LogP contribution in [-0.4, -0.2) is 63.1 Å². The van der Waals surface area contributed by atoms with Gasteiger partial charge in [-0.25, -0.2) is 9.97 Å². The highest BCUT2D eigenvalue weighted by Gasteiger charge is 2.31. The van der Waals surface area contributed by atoms with E-state index in [2.05, 4.69) is 48.3 Å². The number of piperidine rings is 1. The van der Waals surface area contributed by atoms with Crippen LogP contribution in [0, 0.1) is 12.3 Å². The Labute approximate surface area is 212 Å². The number of hydrogen-bond donors (Lipinski definition) is 3. The molecule has 0 spiro atoms. The van der Waals surface area contributed by atoms with Crippen LogP contribution in [0.4, 0.5) is 5.82 Å². The molecular formula is C26H39N5O3S. The third-order valence-electron chi connectivity index (χ3n) is 5.92. The second-order valence-corrected chi connectivity index (χ2v) is 12.3. The van der Waals surface area contributed by atoms with Gasteiger partial charge in [-0.05, 0) is 64.0 Å². The molecule has 2 amide bonds. The second kappa shape index (κ2) is 10.6. The lowest BCUT2D eigenvalue weighted by molar-refractivity contribution is 0.0630. The minimum absolute atomic E-state index is 0.0852. The Morgan fingerprint density at radius 1 is 1.20 bits per heavy atom. The van der Waals surface area contributed by atoms with Crippen molar-refractivity contribution in [2.24, 2.45) is 5.41 Å². The van der Waals surface area contributed by atoms with Crippen LogP contribution in [0.25, 0.3) is 10.4 Å². The predicted molar refractivity (Wildman–Crippen MR) is 141 cm³/mol. The zero-order valence-electron chi connectivity index (χ0n) is 22.0. The number of nitrogens with zero attached hydrogens (tertiary/aromatic N) is 3. The molecule has 1 saturated heterocycles. The molecule has 1 fully saturated rings. The van der Waals surface area contributed by atoms with Crippen LogP contribution in [0.15, 0.2) is 12.3 Å². The van der Waals surface area contributed by atoms with Crippen LogP contribution in [0.1, 0.15) is 86.7 Å². The maximum Gasteiger partial charge on any atom is 0.280 e. The van der Waals surface area contributed by atoms with Crippen LogP contribution < -0.4 is 10.6 Å². The molecule has 1 aliphatic rings. The van der Waals surface area contributed by atoms with Crippen LogP contribution >= 0.6 is 11.3 Å². The summed E-state index contributed by atoms with van der Waals surface area (Å²) in [5, 5.41) is 16.3. The van der Waals surface area contributed by atoms with Crippen molar-refractivity contribution in [2.45, 2.75) is 79.4 Å². The van der Waals surface area contributed by atoms with Gasteiger partial charge in [-0.1, -0.05) is 20.8 Å². The van der Waals surface area contributed by atoms with Gasteiger partial charge in [0.05, 0.1) is 10.5 Å². The Kier molecular flexibility index (Phi) is 8.21. The molecule has 0 aromatic carbocycles. The molecule has 0 bridgehead atoms. The summed E-state index contributed by atoms with van der Waals surface area (Å²) in [6, 6.07) is 2.09. The molecule has 0 saturated carbocycles. The maximum atomic E-state index is 13.6. The van der Waals surface area contributed by atoms with E-state index < -0.39 is 11.5 Å². The summed E-state index contributed by atoms with van der Waals surface area (Å²) in [7, 11) is 0. The number of aromatic nitrogens is 2. The molecule has 0 aliphatic carbocycles. The lowest BCUT2D eigenvalue weighted by Gasteiger charge is -2.33. The second-order valence-electron chi connectivity index (χ2n) is 11.3. The first-order valence-electron chi connectivity index (χ1n) is 12.3. The summed E-state index contributed by atoms with van der Waals surface area (Å²) < 4.78 is 0. The van der Waals surface area contributed by atoms with Crippen molar-refractivity contribution in [1.82, 2.24) is 20.2 Å². The minimum Gasteiger partial charge on any atom is -0.389 e. The quantitative estimate of drug-likeness (QED) is 0.516. The summed E-state index contributed by atoms with van der Waals surface area (Å²) in [6.07, 6.45) is 4.77. The smallest absolute Gasteiger partial charge is 0.280 e. The Hall–Kier alpha value is -2.52. The molecule has 3 heterocycles. The molecule has 1 aliphatic heterocycles. The summed E-state index contributed by atoms with van der Waals surface area (Å²) in [4.78, 5) is 38.1. The number of anilines is 1. The first kappa shape index (κ1) is 27.1. The number of amides is 2. The van der Waals surface area contributed by atoms with Crippen molar-refractivity contribution in [3.8, 4) is 10.4 Å². The van der Waals surface area contributed by atoms with Crippen LogP contribution in [0.2, 0.25) is 0 Å². The molecule has 8 nitrogen and oxygen atoms in total. The van der Waals surface area contributed by atoms with Crippen molar-refractivity contribution in [2.75, 3.05) is 25.0 Å². The van der Waals surface area contributed by atoms with Gasteiger partial charge in [0.15, 0.2) is 5.01 Å². The molecule has 2 aromatic heterocycles. The van der Waals surface area contributed by atoms with Crippen molar-refractivity contribution in [1.29, 1.82) is 0 Å². The third kappa shape index (κ3) is 7.24. The molecule has 9 heteroatoms. The monoisotopic (exact) mass is 501 g/mol. The fourth-order valence-corrected chi connectivity index (χ4v) is 4.95. The molecule has 3 rings (SSSR count). The van der Waals surface area contributed by atoms with Gasteiger partial charge in [0.25, 0.3) is 11.8 Å². The van der Waals surface area contributed by atoms with Gasteiger partial charge in [0, 0.05) is 37.4 Å². The molecule has 0 unspecified atom stereocenters. The van der Waals surface area contributed by atoms with E-state index in [-0.39, 0.29) is 34.6 Å². The van der Waals surface area contributed by atoms with Gasteiger partial charge in [-0.15, -0.1) is 11.3 Å². The van der Waals surface area contributed by atoms with E-state index in [9.17, 15) is 14.7 Å². The van der Waals surface area contributed by atoms with Crippen molar-refractivity contribution in [3.63, 3.8) is 0 Å². The van der Waals surface area contributed by atoms with Gasteiger partial charge in [0.2, 0.25) is 0 Å². The van der Waals surface area contributed by atoms with Gasteiger partial charge < -0.3 is 20.6 Å². The number of aryl methyl sites for hydroxylation is 1. The van der Waals surface area contributed by atoms with Gasteiger partial charge in [-0.2, -0.15) is 0 Å². The van der Waals surface area contributed by atoms with E-state index in [4.69, 9.17) is 0 Å². The molecule has 0 radical (unpaired) electrons. The Morgan fingerprint density at radius 2 is 1.91 bits per heavy atom. The highest BCUT2D eigenvalue weighted by molar-refractivity contribution is 7.17. The van der Waals surface area contributed by atoms with Gasteiger partial charge in [-0.3, -0.25) is 9.59 Å². The average molecular weight is 502 g/mol. The topological polar surface area (TPSA) is 107 Å². The first-order chi connectivity index (χ1) is 16.2. The lowest BCUT2D eigenvalue weighted by atomic mass is 9.97. The number of thiazole rings is 1. The Balaban J connectivity index is 1.97. The average Bonchev–Trinajstić information content (AvgIpc) is 3.20. The number of pyridine rings is 1. The maximum absolute atomic E-state index is 13.6. The number of likely N-dealkylation sites (tertiary alicyclic amines) is 1. The van der Waals surface area contributed by atoms with E-state index in [1.165, 1.54) is 11.3 Å². The molecular weight excluding hydrogens is 462 g/mol. The molecule has 1 atom stereocenters. The highest BCUT2D eigenvalue weighted by atomic mass is 32.1. The lowest BCUT2D eigenvalue weighted by Crippen LogP contribution is -2.42. The van der Waals surface area contributed by atoms with Gasteiger partial charge >= 0.3 is 0 Å². The number of hydrogen-bond acceptors (Lipinski definition) is 7. The van der Waals surface area contributed by atoms with E-state index in [0.29, 0.717) is 11.4 Å². The zero-order valence-corrected chi connectivity index (χ0v) is 22.8. The zero-order chi connectivity index (χ0) is 26.0. The predicted octanol–water partition coefficient (Wildman–Crippen LogP) is 4.49. The van der Waals surface area contributed by atoms with Gasteiger partial charge in [0.1, 0.15) is 11.5 Å². The van der Waals surface area contributed by atoms with E-state index >= 15 is 0 Å². The molecule has 3 N–H and O–H groups in total. The standard InChI is InChI=1S/C26H39N5O3S/c1-16-12-19(28-14-25(3,4)5)27-13-18(16)21-20(24(33)31-11-9-8-10-17(31)2)30-23(35-21)22(32)29-15-26(6,7)34/h12-13,17,34H,8-11,14-15H2,1-7H3,(H,27,28)(H,29,32)/t17-/m0/s1. The SMILES string of the molecule is Cc1cc(NCC(C)(C)C)ncc1-c1sc(C(=O)NCC(C)(C)O)nc1C(=O)N1CCCC[C@@H]1C. The van der Waals surface area contributed by atoms with Crippen molar-refractivity contribution >= 4 is 29.0 Å². The fourth-order valence-electron chi connectivity index (χ4n) is 3.90. The fraction of sp³-hybridized carbons (Fsp3) is 0.615. The van der Waals surface area contributed by atoms with E-state index in [1.54, 1.807) is 20.0 Å². The number of carbonyl (C=O) groups is 2. The summed E-state index contributed by atoms with van der Waals surface area (Å²) in [5.74, 6) is 0.212. The number of carbonyl (C=O) groups excluding carboxylic acids is 2. The molecule has 192 valence electrons. The minimum atomic E-state index is -1.05. The Morgan fingerprint density at radius 3 is 2.51 bits per heavy atom. The number of nitrogens with one attached hydrogen (secondary N) is 2. The van der Waals surface area contributed by atoms with E-state index in [0.717, 1.165) is 42.8 Å². The largest absolute Gasteiger partial charge is 0.389 e. The van der Waals surface area contributed by atoms with E-state index in [1.807, 2.05) is 17.9 Å².